The molecule has 0 saturated carbocycles. The smallest absolute Gasteiger partial charge is 0.163 e. The van der Waals surface area contributed by atoms with Gasteiger partial charge < -0.3 is 24.8 Å². The second-order valence-electron chi connectivity index (χ2n) is 8.78. The molecule has 2 atom stereocenters. The summed E-state index contributed by atoms with van der Waals surface area (Å²) in [5.74, 6) is 2.35. The number of benzene rings is 3. The third-order valence-electron chi connectivity index (χ3n) is 6.71. The number of carbonyl (C=O) groups is 1. The molecule has 1 heterocycles. The van der Waals surface area contributed by atoms with Crippen LogP contribution in [0.3, 0.4) is 0 Å². The summed E-state index contributed by atoms with van der Waals surface area (Å²) in [5, 5.41) is 7.22. The number of nitrogens with one attached hydrogen (secondary N) is 2. The summed E-state index contributed by atoms with van der Waals surface area (Å²) in [4.78, 5) is 13.7. The van der Waals surface area contributed by atoms with Crippen molar-refractivity contribution in [3.8, 4) is 17.2 Å². The van der Waals surface area contributed by atoms with E-state index in [1.807, 2.05) is 73.7 Å². The van der Waals surface area contributed by atoms with Crippen molar-refractivity contribution in [2.45, 2.75) is 31.7 Å². The van der Waals surface area contributed by atoms with E-state index in [1.54, 1.807) is 14.2 Å². The molecule has 2 N–H and O–H groups in total. The monoisotopic (exact) mass is 470 g/mol. The summed E-state index contributed by atoms with van der Waals surface area (Å²) in [7, 11) is 3.25. The fourth-order valence-electron chi connectivity index (χ4n) is 5.01. The van der Waals surface area contributed by atoms with Gasteiger partial charge in [0.05, 0.1) is 38.2 Å². The molecule has 0 fully saturated rings. The van der Waals surface area contributed by atoms with Crippen LogP contribution in [0.1, 0.15) is 42.9 Å². The first-order chi connectivity index (χ1) is 17.1. The van der Waals surface area contributed by atoms with Gasteiger partial charge in [-0.2, -0.15) is 0 Å². The minimum absolute atomic E-state index is 0.0415. The topological polar surface area (TPSA) is 68.8 Å². The lowest BCUT2D eigenvalue weighted by Gasteiger charge is -2.30. The van der Waals surface area contributed by atoms with E-state index in [2.05, 4.69) is 10.6 Å². The summed E-state index contributed by atoms with van der Waals surface area (Å²) in [6, 6.07) is 21.7. The van der Waals surface area contributed by atoms with Crippen molar-refractivity contribution < 1.29 is 19.0 Å². The Morgan fingerprint density at radius 2 is 1.57 bits per heavy atom. The quantitative estimate of drug-likeness (QED) is 0.455. The first-order valence-corrected chi connectivity index (χ1v) is 11.9. The minimum atomic E-state index is -0.254. The number of allylic oxidation sites excluding steroid dienone is 1. The number of anilines is 2. The predicted molar refractivity (Wildman–Crippen MR) is 138 cm³/mol. The zero-order chi connectivity index (χ0) is 24.4. The maximum absolute atomic E-state index is 13.7. The Balaban J connectivity index is 1.55. The van der Waals surface area contributed by atoms with Crippen LogP contribution in [0.5, 0.6) is 17.2 Å². The van der Waals surface area contributed by atoms with Crippen LogP contribution < -0.4 is 24.8 Å². The Morgan fingerprint density at radius 1 is 0.857 bits per heavy atom. The molecule has 3 aromatic rings. The van der Waals surface area contributed by atoms with Gasteiger partial charge >= 0.3 is 0 Å². The lowest BCUT2D eigenvalue weighted by molar-refractivity contribution is -0.116. The van der Waals surface area contributed by atoms with Gasteiger partial charge in [0.2, 0.25) is 0 Å². The van der Waals surface area contributed by atoms with Crippen LogP contribution in [0.25, 0.3) is 0 Å². The fourth-order valence-corrected chi connectivity index (χ4v) is 5.01. The normalized spacial score (nSPS) is 19.0. The van der Waals surface area contributed by atoms with Gasteiger partial charge in [0.1, 0.15) is 5.75 Å². The summed E-state index contributed by atoms with van der Waals surface area (Å²) < 4.78 is 16.5. The summed E-state index contributed by atoms with van der Waals surface area (Å²) in [6.45, 7) is 2.58. The first kappa shape index (κ1) is 22.8. The Bertz CT molecular complexity index is 1270. The van der Waals surface area contributed by atoms with Crippen LogP contribution in [-0.2, 0) is 4.79 Å². The first-order valence-electron chi connectivity index (χ1n) is 11.9. The molecule has 6 nitrogen and oxygen atoms in total. The number of Topliss-reactive ketones (excluding diaryl/α,β-unsaturated/α-hetero) is 1. The van der Waals surface area contributed by atoms with E-state index < -0.39 is 0 Å². The Morgan fingerprint density at radius 3 is 2.29 bits per heavy atom. The summed E-state index contributed by atoms with van der Waals surface area (Å²) in [6.07, 6.45) is 1.15. The molecule has 0 radical (unpaired) electrons. The van der Waals surface area contributed by atoms with E-state index in [0.717, 1.165) is 45.9 Å². The van der Waals surface area contributed by atoms with Crippen molar-refractivity contribution in [3.05, 3.63) is 89.1 Å². The van der Waals surface area contributed by atoms with Crippen molar-refractivity contribution in [3.63, 3.8) is 0 Å². The molecule has 5 rings (SSSR count). The second kappa shape index (κ2) is 9.74. The largest absolute Gasteiger partial charge is 0.494 e. The number of methoxy groups -OCH3 is 2. The summed E-state index contributed by atoms with van der Waals surface area (Å²) >= 11 is 0. The van der Waals surface area contributed by atoms with Crippen LogP contribution >= 0.6 is 0 Å². The number of fused-ring (bicyclic) bond motifs is 1. The predicted octanol–water partition coefficient (Wildman–Crippen LogP) is 6.08. The molecule has 0 amide bonds. The molecule has 6 heteroatoms. The highest BCUT2D eigenvalue weighted by molar-refractivity contribution is 6.01. The third-order valence-corrected chi connectivity index (χ3v) is 6.71. The molecule has 1 aliphatic heterocycles. The van der Waals surface area contributed by atoms with E-state index in [4.69, 9.17) is 14.2 Å². The summed E-state index contributed by atoms with van der Waals surface area (Å²) in [5.41, 5.74) is 5.77. The fraction of sp³-hybridized carbons (Fsp3) is 0.276. The number of rotatable bonds is 6. The van der Waals surface area contributed by atoms with Crippen molar-refractivity contribution in [1.29, 1.82) is 0 Å². The Kier molecular flexibility index (Phi) is 6.36. The average Bonchev–Trinajstić information content (AvgIpc) is 3.06. The Hall–Kier alpha value is -3.93. The van der Waals surface area contributed by atoms with Crippen molar-refractivity contribution in [2.24, 2.45) is 0 Å². The van der Waals surface area contributed by atoms with Gasteiger partial charge in [-0.3, -0.25) is 4.79 Å². The molecular formula is C29H30N2O4. The van der Waals surface area contributed by atoms with E-state index in [9.17, 15) is 4.79 Å². The van der Waals surface area contributed by atoms with Crippen LogP contribution in [0.4, 0.5) is 11.4 Å². The molecule has 0 unspecified atom stereocenters. The molecule has 0 spiro atoms. The molecule has 3 aromatic carbocycles. The van der Waals surface area contributed by atoms with Crippen LogP contribution in [-0.4, -0.2) is 26.6 Å². The van der Waals surface area contributed by atoms with Gasteiger partial charge in [-0.05, 0) is 66.8 Å². The van der Waals surface area contributed by atoms with Crippen LogP contribution in [0.15, 0.2) is 78.0 Å². The van der Waals surface area contributed by atoms with Crippen molar-refractivity contribution >= 4 is 17.2 Å². The molecule has 0 bridgehead atoms. The zero-order valence-corrected chi connectivity index (χ0v) is 20.3. The SMILES string of the molecule is CCOc1ccc([C@@H]2Nc3ccccc3NC3=C2C(=O)C[C@H](c2ccc(OC)c(OC)c2)C3)cc1. The molecule has 35 heavy (non-hydrogen) atoms. The van der Waals surface area contributed by atoms with Gasteiger partial charge in [0, 0.05) is 17.7 Å². The highest BCUT2D eigenvalue weighted by atomic mass is 16.5. The number of carbonyl (C=O) groups excluding carboxylic acids is 1. The number of ketones is 1. The molecule has 1 aliphatic carbocycles. The maximum Gasteiger partial charge on any atom is 0.163 e. The van der Waals surface area contributed by atoms with Crippen molar-refractivity contribution in [1.82, 2.24) is 0 Å². The van der Waals surface area contributed by atoms with E-state index >= 15 is 0 Å². The van der Waals surface area contributed by atoms with Gasteiger partial charge in [0.25, 0.3) is 0 Å². The average molecular weight is 471 g/mol. The van der Waals surface area contributed by atoms with Gasteiger partial charge in [-0.25, -0.2) is 0 Å². The lowest BCUT2D eigenvalue weighted by atomic mass is 9.78. The third kappa shape index (κ3) is 4.44. The number of hydrogen-bond donors (Lipinski definition) is 2. The zero-order valence-electron chi connectivity index (χ0n) is 20.3. The van der Waals surface area contributed by atoms with E-state index in [0.29, 0.717) is 24.5 Å². The number of para-hydroxylation sites is 2. The number of ether oxygens (including phenoxy) is 3. The highest BCUT2D eigenvalue weighted by Crippen LogP contribution is 2.45. The van der Waals surface area contributed by atoms with Crippen molar-refractivity contribution in [2.75, 3.05) is 31.5 Å². The molecule has 0 saturated heterocycles. The Labute approximate surface area is 205 Å². The number of hydrogen-bond acceptors (Lipinski definition) is 6. The molecule has 180 valence electrons. The maximum atomic E-state index is 13.7. The molecule has 2 aliphatic rings. The van der Waals surface area contributed by atoms with E-state index in [1.165, 1.54) is 0 Å². The van der Waals surface area contributed by atoms with Crippen LogP contribution in [0, 0.1) is 0 Å². The molecular weight excluding hydrogens is 440 g/mol. The lowest BCUT2D eigenvalue weighted by Crippen LogP contribution is -2.26. The molecule has 0 aromatic heterocycles. The van der Waals surface area contributed by atoms with E-state index in [-0.39, 0.29) is 17.7 Å². The van der Waals surface area contributed by atoms with Crippen LogP contribution in [0.2, 0.25) is 0 Å². The second-order valence-corrected chi connectivity index (χ2v) is 8.78. The van der Waals surface area contributed by atoms with Gasteiger partial charge in [0.15, 0.2) is 17.3 Å². The van der Waals surface area contributed by atoms with Gasteiger partial charge in [-0.15, -0.1) is 0 Å². The standard InChI is InChI=1S/C29H30N2O4/c1-4-35-21-12-9-18(10-13-21)29-28-24(30-22-7-5-6-8-23(22)31-29)15-20(16-25(28)32)19-11-14-26(33-2)27(17-19)34-3/h5-14,17,20,29-31H,4,15-16H2,1-3H3/t20-,29+/m1/s1. The van der Waals surface area contributed by atoms with Gasteiger partial charge in [-0.1, -0.05) is 30.3 Å². The minimum Gasteiger partial charge on any atom is -0.494 e. The highest BCUT2D eigenvalue weighted by Gasteiger charge is 2.36.